The van der Waals surface area contributed by atoms with E-state index >= 15 is 0 Å². The molecule has 0 aliphatic carbocycles. The zero-order valence-electron chi connectivity index (χ0n) is 14.4. The van der Waals surface area contributed by atoms with E-state index in [0.29, 0.717) is 15.8 Å². The molecule has 27 heavy (non-hydrogen) atoms. The van der Waals surface area contributed by atoms with Gasteiger partial charge in [0.15, 0.2) is 0 Å². The average Bonchev–Trinajstić information content (AvgIpc) is 3.14. The van der Waals surface area contributed by atoms with Crippen molar-refractivity contribution in [1.29, 1.82) is 5.26 Å². The van der Waals surface area contributed by atoms with Crippen molar-refractivity contribution in [1.82, 2.24) is 5.16 Å². The Bertz CT molecular complexity index is 1090. The van der Waals surface area contributed by atoms with Gasteiger partial charge in [0, 0.05) is 16.0 Å². The first kappa shape index (κ1) is 18.2. The lowest BCUT2D eigenvalue weighted by atomic mass is 10.1. The molecule has 2 aromatic heterocycles. The third-order valence-corrected chi connectivity index (χ3v) is 4.82. The Hall–Kier alpha value is -3.58. The van der Waals surface area contributed by atoms with Gasteiger partial charge in [-0.15, -0.1) is 11.3 Å². The highest BCUT2D eigenvalue weighted by Gasteiger charge is 2.22. The number of rotatable bonds is 4. The summed E-state index contributed by atoms with van der Waals surface area (Å²) in [4.78, 5) is 24.2. The normalized spacial score (nSPS) is 10.7. The smallest absolute Gasteiger partial charge is 0.326 e. The molecule has 0 fully saturated rings. The number of carbonyl (C=O) groups excluding carboxylic acids is 2. The molecule has 5 N–H and O–H groups in total. The van der Waals surface area contributed by atoms with Crippen LogP contribution in [-0.4, -0.2) is 22.2 Å². The van der Waals surface area contributed by atoms with E-state index in [2.05, 4.69) is 15.8 Å². The van der Waals surface area contributed by atoms with Gasteiger partial charge >= 0.3 is 6.03 Å². The topological polar surface area (TPSA) is 154 Å². The zero-order chi connectivity index (χ0) is 19.7. The van der Waals surface area contributed by atoms with Gasteiger partial charge in [0.05, 0.1) is 5.56 Å². The number of urea groups is 1. The molecule has 3 amide bonds. The maximum atomic E-state index is 12.3. The molecule has 138 valence electrons. The summed E-state index contributed by atoms with van der Waals surface area (Å²) < 4.78 is 5.62. The Kier molecular flexibility index (Phi) is 4.70. The summed E-state index contributed by atoms with van der Waals surface area (Å²) in [5.41, 5.74) is 6.14. The summed E-state index contributed by atoms with van der Waals surface area (Å²) >= 11 is 1.08. The van der Waals surface area contributed by atoms with E-state index in [1.165, 1.54) is 12.1 Å². The van der Waals surface area contributed by atoms with Gasteiger partial charge in [-0.1, -0.05) is 19.0 Å². The zero-order valence-corrected chi connectivity index (χ0v) is 15.2. The number of amides is 3. The van der Waals surface area contributed by atoms with E-state index in [4.69, 9.17) is 10.3 Å². The van der Waals surface area contributed by atoms with E-state index in [9.17, 15) is 20.0 Å². The van der Waals surface area contributed by atoms with E-state index in [0.717, 1.165) is 11.3 Å². The second-order valence-corrected chi connectivity index (χ2v) is 7.02. The first-order valence-corrected chi connectivity index (χ1v) is 8.66. The van der Waals surface area contributed by atoms with E-state index in [1.807, 2.05) is 19.9 Å². The lowest BCUT2D eigenvalue weighted by Crippen LogP contribution is -2.21. The van der Waals surface area contributed by atoms with E-state index < -0.39 is 11.9 Å². The molecular formula is C17H15N5O4S. The Morgan fingerprint density at radius 3 is 2.74 bits per heavy atom. The number of nitriles is 1. The molecule has 0 atom stereocenters. The minimum Gasteiger partial charge on any atom is -0.508 e. The summed E-state index contributed by atoms with van der Waals surface area (Å²) in [5, 5.41) is 28.3. The number of aromatic nitrogens is 1. The van der Waals surface area contributed by atoms with Crippen LogP contribution in [0.3, 0.4) is 0 Å². The Labute approximate surface area is 157 Å². The minimum atomic E-state index is -0.726. The lowest BCUT2D eigenvalue weighted by Gasteiger charge is -2.05. The third kappa shape index (κ3) is 3.40. The fourth-order valence-corrected chi connectivity index (χ4v) is 3.68. The molecule has 2 heterocycles. The number of aromatic hydroxyl groups is 1. The Morgan fingerprint density at radius 1 is 1.37 bits per heavy atom. The van der Waals surface area contributed by atoms with Gasteiger partial charge in [-0.2, -0.15) is 5.26 Å². The average molecular weight is 385 g/mol. The lowest BCUT2D eigenvalue weighted by molar-refractivity contribution is 0.100. The van der Waals surface area contributed by atoms with Crippen molar-refractivity contribution in [3.8, 4) is 11.8 Å². The summed E-state index contributed by atoms with van der Waals surface area (Å²) in [7, 11) is 0. The highest BCUT2D eigenvalue weighted by atomic mass is 32.1. The van der Waals surface area contributed by atoms with Crippen molar-refractivity contribution in [3.63, 3.8) is 0 Å². The maximum Gasteiger partial charge on any atom is 0.326 e. The maximum absolute atomic E-state index is 12.3. The monoisotopic (exact) mass is 385 g/mol. The van der Waals surface area contributed by atoms with E-state index in [-0.39, 0.29) is 33.7 Å². The predicted molar refractivity (Wildman–Crippen MR) is 100.0 cm³/mol. The van der Waals surface area contributed by atoms with Crippen LogP contribution in [-0.2, 0) is 0 Å². The fraction of sp³-hybridized carbons (Fsp3) is 0.176. The minimum absolute atomic E-state index is 0.0253. The summed E-state index contributed by atoms with van der Waals surface area (Å²) in [5.74, 6) is -0.837. The number of hydrogen-bond donors (Lipinski definition) is 4. The van der Waals surface area contributed by atoms with Crippen LogP contribution in [0.1, 0.15) is 41.4 Å². The summed E-state index contributed by atoms with van der Waals surface area (Å²) in [6.45, 7) is 3.68. The van der Waals surface area contributed by atoms with Crippen LogP contribution in [0.5, 0.6) is 5.75 Å². The van der Waals surface area contributed by atoms with Gasteiger partial charge in [0.25, 0.3) is 11.8 Å². The standard InChI is InChI=1S/C17H15N5O4S/c1-7(2)13-10(6-18)15(26-22-13)20-17(25)21-16-12(14(19)24)9-4-3-8(23)5-11(9)27-16/h3-5,7,23H,1-2H3,(H2,19,24)(H2,20,21,25). The SMILES string of the molecule is CC(C)c1noc(NC(=O)Nc2sc3cc(O)ccc3c2C(N)=O)c1C#N. The van der Waals surface area contributed by atoms with Gasteiger partial charge in [0.1, 0.15) is 28.1 Å². The molecule has 3 rings (SSSR count). The van der Waals surface area contributed by atoms with Gasteiger partial charge in [-0.05, 0) is 18.2 Å². The second-order valence-electron chi connectivity index (χ2n) is 5.97. The van der Waals surface area contributed by atoms with Gasteiger partial charge in [-0.25, -0.2) is 4.79 Å². The molecule has 3 aromatic rings. The molecule has 0 aliphatic heterocycles. The number of phenolic OH excluding ortho intramolecular Hbond substituents is 1. The van der Waals surface area contributed by atoms with Gasteiger partial charge in [-0.3, -0.25) is 15.4 Å². The molecule has 9 nitrogen and oxygen atoms in total. The van der Waals surface area contributed by atoms with Crippen LogP contribution >= 0.6 is 11.3 Å². The molecule has 0 unspecified atom stereocenters. The van der Waals surface area contributed by atoms with Crippen molar-refractivity contribution >= 4 is 44.2 Å². The molecule has 0 radical (unpaired) electrons. The fourth-order valence-electron chi connectivity index (χ4n) is 2.55. The number of primary amides is 1. The van der Waals surface area contributed by atoms with Gasteiger partial charge in [0.2, 0.25) is 0 Å². The molecule has 0 spiro atoms. The van der Waals surface area contributed by atoms with Crippen LogP contribution in [0.4, 0.5) is 15.7 Å². The predicted octanol–water partition coefficient (Wildman–Crippen LogP) is 3.33. The highest BCUT2D eigenvalue weighted by molar-refractivity contribution is 7.23. The van der Waals surface area contributed by atoms with Gasteiger partial charge < -0.3 is 15.4 Å². The van der Waals surface area contributed by atoms with Crippen molar-refractivity contribution < 1.29 is 19.2 Å². The van der Waals surface area contributed by atoms with Crippen LogP contribution in [0.15, 0.2) is 22.7 Å². The number of thiophene rings is 1. The molecule has 0 bridgehead atoms. The van der Waals surface area contributed by atoms with Crippen LogP contribution < -0.4 is 16.4 Å². The number of phenols is 1. The Balaban J connectivity index is 1.90. The van der Waals surface area contributed by atoms with Crippen LogP contribution in [0, 0.1) is 11.3 Å². The number of fused-ring (bicyclic) bond motifs is 1. The quantitative estimate of drug-likeness (QED) is 0.540. The summed E-state index contributed by atoms with van der Waals surface area (Å²) in [6, 6.07) is 5.66. The summed E-state index contributed by atoms with van der Waals surface area (Å²) in [6.07, 6.45) is 0. The molecule has 0 aliphatic rings. The first-order valence-electron chi connectivity index (χ1n) is 7.84. The number of nitrogens with zero attached hydrogens (tertiary/aromatic N) is 2. The molecular weight excluding hydrogens is 370 g/mol. The van der Waals surface area contributed by atoms with Crippen molar-refractivity contribution in [2.24, 2.45) is 5.73 Å². The molecule has 0 saturated heterocycles. The number of nitrogens with two attached hydrogens (primary N) is 1. The molecule has 0 saturated carbocycles. The van der Waals surface area contributed by atoms with Crippen molar-refractivity contribution in [3.05, 3.63) is 35.0 Å². The van der Waals surface area contributed by atoms with Crippen LogP contribution in [0.2, 0.25) is 0 Å². The van der Waals surface area contributed by atoms with Crippen molar-refractivity contribution in [2.45, 2.75) is 19.8 Å². The number of benzene rings is 1. The number of hydrogen-bond acceptors (Lipinski definition) is 7. The largest absolute Gasteiger partial charge is 0.508 e. The van der Waals surface area contributed by atoms with E-state index in [1.54, 1.807) is 6.07 Å². The second kappa shape index (κ2) is 6.97. The number of carbonyl (C=O) groups is 2. The van der Waals surface area contributed by atoms with Crippen molar-refractivity contribution in [2.75, 3.05) is 10.6 Å². The first-order chi connectivity index (χ1) is 12.8. The highest BCUT2D eigenvalue weighted by Crippen LogP contribution is 2.37. The molecule has 10 heteroatoms. The number of anilines is 2. The Morgan fingerprint density at radius 2 is 2.11 bits per heavy atom. The third-order valence-electron chi connectivity index (χ3n) is 3.75. The number of nitrogens with one attached hydrogen (secondary N) is 2. The van der Waals surface area contributed by atoms with Crippen LogP contribution in [0.25, 0.3) is 10.1 Å². The molecule has 1 aromatic carbocycles.